The number of pyridine rings is 3. The zero-order valence-corrected chi connectivity index (χ0v) is 29.8. The van der Waals surface area contributed by atoms with Gasteiger partial charge in [-0.25, -0.2) is 4.98 Å². The Morgan fingerprint density at radius 2 is 1.28 bits per heavy atom. The highest BCUT2D eigenvalue weighted by Gasteiger charge is 2.16. The van der Waals surface area contributed by atoms with Crippen LogP contribution >= 0.6 is 11.3 Å². The number of methoxy groups -OCH3 is 1. The van der Waals surface area contributed by atoms with Crippen LogP contribution in [0.2, 0.25) is 0 Å². The number of benzene rings is 1. The lowest BCUT2D eigenvalue weighted by atomic mass is 10.1. The normalized spacial score (nSPS) is 10.9. The number of unbranched alkanes of at least 4 members (excludes halogenated alkanes) is 6. The van der Waals surface area contributed by atoms with Crippen LogP contribution in [-0.4, -0.2) is 48.1 Å². The van der Waals surface area contributed by atoms with E-state index >= 15 is 0 Å². The van der Waals surface area contributed by atoms with Gasteiger partial charge in [0, 0.05) is 70.8 Å². The number of thiophene rings is 1. The molecule has 0 N–H and O–H groups in total. The number of aromatic nitrogens is 3. The summed E-state index contributed by atoms with van der Waals surface area (Å²) in [4.78, 5) is 40.5. The average molecular weight is 693 g/mol. The highest BCUT2D eigenvalue weighted by Crippen LogP contribution is 2.41. The van der Waals surface area contributed by atoms with E-state index in [-0.39, 0.29) is 5.75 Å². The molecule has 0 unspecified atom stereocenters. The molecule has 50 heavy (non-hydrogen) atoms. The Bertz CT molecular complexity index is 1850. The minimum absolute atomic E-state index is 0.283. The monoisotopic (exact) mass is 692 g/mol. The lowest BCUT2D eigenvalue weighted by molar-refractivity contribution is -0.121. The summed E-state index contributed by atoms with van der Waals surface area (Å²) < 4.78 is 16.1. The van der Waals surface area contributed by atoms with E-state index in [0.717, 1.165) is 39.7 Å². The van der Waals surface area contributed by atoms with E-state index in [4.69, 9.17) is 19.2 Å². The molecular formula is C40H44N4O5S. The first-order valence-electron chi connectivity index (χ1n) is 17.3. The minimum atomic E-state index is 0.283. The molecule has 0 fully saturated rings. The van der Waals surface area contributed by atoms with E-state index in [0.29, 0.717) is 41.5 Å². The maximum absolute atomic E-state index is 11.3. The number of carbonyl (C=O) groups is 2. The van der Waals surface area contributed by atoms with Gasteiger partial charge in [0.2, 0.25) is 0 Å². The fourth-order valence-corrected chi connectivity index (χ4v) is 6.87. The van der Waals surface area contributed by atoms with Crippen molar-refractivity contribution in [2.45, 2.75) is 65.2 Å². The zero-order valence-electron chi connectivity index (χ0n) is 29.0. The molecule has 0 amide bonds. The van der Waals surface area contributed by atoms with Crippen molar-refractivity contribution >= 4 is 30.0 Å². The van der Waals surface area contributed by atoms with E-state index in [1.807, 2.05) is 12.1 Å². The minimum Gasteiger partial charge on any atom is -0.496 e. The van der Waals surface area contributed by atoms with Crippen molar-refractivity contribution < 1.29 is 23.8 Å². The van der Waals surface area contributed by atoms with Crippen molar-refractivity contribution in [1.29, 1.82) is 0 Å². The summed E-state index contributed by atoms with van der Waals surface area (Å²) in [7, 11) is 1.74. The molecule has 0 aliphatic carbocycles. The number of hydrogen-bond donors (Lipinski definition) is 0. The fraction of sp³-hybridized carbons (Fsp3) is 0.325. The second-order valence-electron chi connectivity index (χ2n) is 12.0. The Hall–Kier alpha value is -5.09. The number of nitrogens with zero attached hydrogens (tertiary/aromatic N) is 4. The first-order valence-corrected chi connectivity index (χ1v) is 18.1. The standard InChI is InChI=1S/C40H44N4O5S/c1-4-6-8-10-20-44(21-11-9-7-5-2)30-12-13-33(38(23-30)47-3)40-15-14-39(50-40)29-16-18-41-34(22-29)36-25-32(49-28-46)26-37(43-36)35-24-31(48-27-45)17-19-42-35/h12-19,22-28H,4-11,20-21H2,1-3H3. The summed E-state index contributed by atoms with van der Waals surface area (Å²) in [6.45, 7) is 7.32. The van der Waals surface area contributed by atoms with Gasteiger partial charge in [0.15, 0.2) is 0 Å². The maximum Gasteiger partial charge on any atom is 0.298 e. The second kappa shape index (κ2) is 18.6. The SMILES string of the molecule is CCCCCCN(CCCCCC)c1ccc(-c2ccc(-c3ccnc(-c4cc(OC=O)cc(-c5cc(OC=O)ccn5)n4)c3)s2)c(OC)c1. The van der Waals surface area contributed by atoms with Crippen molar-refractivity contribution in [2.24, 2.45) is 0 Å². The van der Waals surface area contributed by atoms with Gasteiger partial charge in [-0.15, -0.1) is 11.3 Å². The Morgan fingerprint density at radius 3 is 1.94 bits per heavy atom. The maximum atomic E-state index is 11.3. The molecule has 5 rings (SSSR count). The van der Waals surface area contributed by atoms with Gasteiger partial charge >= 0.3 is 0 Å². The third kappa shape index (κ3) is 9.53. The third-order valence-electron chi connectivity index (χ3n) is 8.45. The predicted octanol–water partition coefficient (Wildman–Crippen LogP) is 9.65. The van der Waals surface area contributed by atoms with Crippen molar-refractivity contribution in [3.63, 3.8) is 0 Å². The van der Waals surface area contributed by atoms with E-state index in [1.165, 1.54) is 63.3 Å². The van der Waals surface area contributed by atoms with Crippen molar-refractivity contribution in [3.05, 3.63) is 79.1 Å². The van der Waals surface area contributed by atoms with E-state index in [2.05, 4.69) is 59.0 Å². The van der Waals surface area contributed by atoms with Gasteiger partial charge in [-0.3, -0.25) is 19.6 Å². The van der Waals surface area contributed by atoms with Crippen LogP contribution in [0.4, 0.5) is 5.69 Å². The summed E-state index contributed by atoms with van der Waals surface area (Å²) in [5.74, 6) is 1.46. The zero-order chi connectivity index (χ0) is 35.1. The molecule has 0 aliphatic rings. The van der Waals surface area contributed by atoms with Crippen molar-refractivity contribution in [1.82, 2.24) is 15.0 Å². The quantitative estimate of drug-likeness (QED) is 0.0582. The first-order chi connectivity index (χ1) is 24.6. The van der Waals surface area contributed by atoms with Crippen molar-refractivity contribution in [3.8, 4) is 60.9 Å². The van der Waals surface area contributed by atoms with Crippen molar-refractivity contribution in [2.75, 3.05) is 25.1 Å². The van der Waals surface area contributed by atoms with Gasteiger partial charge in [0.25, 0.3) is 12.9 Å². The number of rotatable bonds is 20. The van der Waals surface area contributed by atoms with Crippen LogP contribution < -0.4 is 19.1 Å². The summed E-state index contributed by atoms with van der Waals surface area (Å²) in [6.07, 6.45) is 13.2. The average Bonchev–Trinajstić information content (AvgIpc) is 3.65. The molecule has 0 atom stereocenters. The molecule has 0 saturated heterocycles. The molecule has 0 aliphatic heterocycles. The molecule has 260 valence electrons. The molecule has 9 nitrogen and oxygen atoms in total. The van der Waals surface area contributed by atoms with Gasteiger partial charge in [-0.2, -0.15) is 0 Å². The summed E-state index contributed by atoms with van der Waals surface area (Å²) in [5, 5.41) is 0. The number of ether oxygens (including phenoxy) is 3. The van der Waals surface area contributed by atoms with Gasteiger partial charge in [0.05, 0.1) is 29.9 Å². The number of anilines is 1. The lowest BCUT2D eigenvalue weighted by Crippen LogP contribution is -2.25. The highest BCUT2D eigenvalue weighted by atomic mass is 32.1. The van der Waals surface area contributed by atoms with Crippen LogP contribution in [-0.2, 0) is 9.59 Å². The lowest BCUT2D eigenvalue weighted by Gasteiger charge is -2.26. The largest absolute Gasteiger partial charge is 0.496 e. The van der Waals surface area contributed by atoms with Gasteiger partial charge < -0.3 is 19.1 Å². The van der Waals surface area contributed by atoms with Crippen LogP contribution in [0.15, 0.2) is 79.1 Å². The molecule has 0 radical (unpaired) electrons. The fourth-order valence-electron chi connectivity index (χ4n) is 5.84. The number of carbonyl (C=O) groups excluding carboxylic acids is 2. The molecule has 1 aromatic carbocycles. The molecule has 5 aromatic rings. The molecule has 0 bridgehead atoms. The van der Waals surface area contributed by atoms with Gasteiger partial charge in [-0.1, -0.05) is 52.4 Å². The molecule has 10 heteroatoms. The van der Waals surface area contributed by atoms with E-state index in [9.17, 15) is 9.59 Å². The molecular weight excluding hydrogens is 649 g/mol. The Morgan fingerprint density at radius 1 is 0.660 bits per heavy atom. The second-order valence-corrected chi connectivity index (χ2v) is 13.0. The van der Waals surface area contributed by atoms with Gasteiger partial charge in [-0.05, 0) is 60.9 Å². The van der Waals surface area contributed by atoms with Crippen LogP contribution in [0.25, 0.3) is 43.7 Å². The summed E-state index contributed by atoms with van der Waals surface area (Å²) >= 11 is 1.68. The van der Waals surface area contributed by atoms with E-state index in [1.54, 1.807) is 48.9 Å². The number of hydrogen-bond acceptors (Lipinski definition) is 10. The van der Waals surface area contributed by atoms with Gasteiger partial charge in [0.1, 0.15) is 17.2 Å². The Kier molecular flexibility index (Phi) is 13.5. The molecule has 0 saturated carbocycles. The smallest absolute Gasteiger partial charge is 0.298 e. The van der Waals surface area contributed by atoms with E-state index < -0.39 is 0 Å². The summed E-state index contributed by atoms with van der Waals surface area (Å²) in [5.41, 5.74) is 5.19. The van der Waals surface area contributed by atoms with Crippen LogP contribution in [0, 0.1) is 0 Å². The highest BCUT2D eigenvalue weighted by molar-refractivity contribution is 7.18. The predicted molar refractivity (Wildman–Crippen MR) is 200 cm³/mol. The first kappa shape index (κ1) is 36.2. The Balaban J connectivity index is 1.41. The van der Waals surface area contributed by atoms with Crippen LogP contribution in [0.1, 0.15) is 65.2 Å². The topological polar surface area (TPSA) is 104 Å². The molecule has 0 spiro atoms. The summed E-state index contributed by atoms with van der Waals surface area (Å²) in [6, 6.07) is 21.1. The Labute approximate surface area is 298 Å². The molecule has 4 aromatic heterocycles. The van der Waals surface area contributed by atoms with Crippen LogP contribution in [0.3, 0.4) is 0 Å². The van der Waals surface area contributed by atoms with Crippen LogP contribution in [0.5, 0.6) is 17.2 Å². The molecule has 4 heterocycles. The third-order valence-corrected chi connectivity index (χ3v) is 9.62.